The van der Waals surface area contributed by atoms with Crippen molar-refractivity contribution in [1.29, 1.82) is 0 Å². The van der Waals surface area contributed by atoms with Crippen molar-refractivity contribution in [3.8, 4) is 5.75 Å². The van der Waals surface area contributed by atoms with E-state index in [0.717, 1.165) is 0 Å². The third kappa shape index (κ3) is 4.17. The number of ether oxygens (including phenoxy) is 1. The van der Waals surface area contributed by atoms with Crippen molar-refractivity contribution < 1.29 is 18.6 Å². The van der Waals surface area contributed by atoms with Gasteiger partial charge in [0.2, 0.25) is 0 Å². The molecule has 0 aliphatic heterocycles. The normalized spacial score (nSPS) is 14.0. The van der Waals surface area contributed by atoms with Crippen molar-refractivity contribution in [3.05, 3.63) is 27.3 Å². The highest BCUT2D eigenvalue weighted by Gasteiger charge is 2.24. The molecular weight excluding hydrogens is 382 g/mol. The Bertz CT molecular complexity index is 521. The number of hydrogen-bond donors (Lipinski definition) is 1. The lowest BCUT2D eigenvalue weighted by Gasteiger charge is -2.21. The van der Waals surface area contributed by atoms with Crippen LogP contribution in [0.5, 0.6) is 5.75 Å². The summed E-state index contributed by atoms with van der Waals surface area (Å²) in [7, 11) is -0.286. The van der Waals surface area contributed by atoms with Gasteiger partial charge in [0.25, 0.3) is 0 Å². The minimum absolute atomic E-state index is 0.285. The molecule has 0 amide bonds. The summed E-state index contributed by atoms with van der Waals surface area (Å²) in [5.41, 5.74) is 5.94. The van der Waals surface area contributed by atoms with Crippen molar-refractivity contribution in [2.75, 3.05) is 20.7 Å². The van der Waals surface area contributed by atoms with Crippen molar-refractivity contribution in [2.45, 2.75) is 6.92 Å². The molecule has 2 N–H and O–H groups in total. The second-order valence-corrected chi connectivity index (χ2v) is 7.03. The predicted molar refractivity (Wildman–Crippen MR) is 81.2 cm³/mol. The van der Waals surface area contributed by atoms with Gasteiger partial charge in [-0.1, -0.05) is 6.07 Å². The van der Waals surface area contributed by atoms with Gasteiger partial charge in [0, 0.05) is 0 Å². The third-order valence-electron chi connectivity index (χ3n) is 2.25. The molecule has 0 aromatic heterocycles. The van der Waals surface area contributed by atoms with Crippen molar-refractivity contribution >= 4 is 36.2 Å². The molecule has 0 radical (unpaired) electrons. The fraction of sp³-hybridized carbons (Fsp3) is 0.364. The van der Waals surface area contributed by atoms with Gasteiger partial charge in [-0.2, -0.15) is 0 Å². The Balaban J connectivity index is 3.08. The summed E-state index contributed by atoms with van der Waals surface area (Å²) in [6, 6.07) is 4.84. The van der Waals surface area contributed by atoms with Gasteiger partial charge in [0.15, 0.2) is 0 Å². The maximum Gasteiger partial charge on any atom is 0.389 e. The first-order valence-corrected chi connectivity index (χ1v) is 8.23. The van der Waals surface area contributed by atoms with Gasteiger partial charge in [-0.3, -0.25) is 0 Å². The molecule has 0 spiro atoms. The molecule has 106 valence electrons. The monoisotopic (exact) mass is 398 g/mol. The summed E-state index contributed by atoms with van der Waals surface area (Å²) in [6.07, 6.45) is 0. The van der Waals surface area contributed by atoms with Gasteiger partial charge in [-0.25, -0.2) is 19.5 Å². The molecule has 0 aliphatic rings. The van der Waals surface area contributed by atoms with Gasteiger partial charge in [-0.05, 0) is 55.7 Å². The summed E-state index contributed by atoms with van der Waals surface area (Å²) < 4.78 is 24.1. The molecule has 1 atom stereocenters. The number of halogens is 1. The molecule has 1 aromatic rings. The SMILES string of the molecule is CCOC(=O)c1cccc(OP(N)(=O)N(C)C)c1I. The molecule has 0 heterocycles. The van der Waals surface area contributed by atoms with Crippen LogP contribution in [-0.4, -0.2) is 31.3 Å². The number of carbonyl (C=O) groups is 1. The Morgan fingerprint density at radius 2 is 2.11 bits per heavy atom. The van der Waals surface area contributed by atoms with Gasteiger partial charge in [0.05, 0.1) is 15.7 Å². The fourth-order valence-corrected chi connectivity index (χ4v) is 2.63. The van der Waals surface area contributed by atoms with E-state index in [1.807, 2.05) is 22.6 Å². The van der Waals surface area contributed by atoms with Crippen LogP contribution in [0.3, 0.4) is 0 Å². The lowest BCUT2D eigenvalue weighted by atomic mass is 10.2. The van der Waals surface area contributed by atoms with E-state index in [2.05, 4.69) is 0 Å². The van der Waals surface area contributed by atoms with Crippen LogP contribution in [0.1, 0.15) is 17.3 Å². The second kappa shape index (κ2) is 6.69. The Morgan fingerprint density at radius 1 is 1.47 bits per heavy atom. The first-order valence-electron chi connectivity index (χ1n) is 5.51. The van der Waals surface area contributed by atoms with Crippen LogP contribution in [0.25, 0.3) is 0 Å². The molecular formula is C11H16IN2O4P. The Hall–Kier alpha value is -0.630. The quantitative estimate of drug-likeness (QED) is 0.466. The topological polar surface area (TPSA) is 81.9 Å². The average molecular weight is 398 g/mol. The zero-order chi connectivity index (χ0) is 14.6. The van der Waals surface area contributed by atoms with Crippen molar-refractivity contribution in [2.24, 2.45) is 5.50 Å². The number of nitrogens with zero attached hydrogens (tertiary/aromatic N) is 1. The number of rotatable bonds is 5. The Morgan fingerprint density at radius 3 is 2.63 bits per heavy atom. The molecule has 0 bridgehead atoms. The van der Waals surface area contributed by atoms with E-state index in [4.69, 9.17) is 14.8 Å². The average Bonchev–Trinajstić information content (AvgIpc) is 2.31. The fourth-order valence-electron chi connectivity index (χ4n) is 1.17. The molecule has 19 heavy (non-hydrogen) atoms. The molecule has 0 saturated carbocycles. The zero-order valence-electron chi connectivity index (χ0n) is 10.9. The molecule has 6 nitrogen and oxygen atoms in total. The lowest BCUT2D eigenvalue weighted by molar-refractivity contribution is 0.0524. The maximum absolute atomic E-state index is 12.0. The van der Waals surface area contributed by atoms with E-state index in [-0.39, 0.29) is 6.61 Å². The molecule has 0 fully saturated rings. The van der Waals surface area contributed by atoms with E-state index in [0.29, 0.717) is 14.9 Å². The number of esters is 1. The molecule has 8 heteroatoms. The number of benzene rings is 1. The van der Waals surface area contributed by atoms with E-state index < -0.39 is 13.6 Å². The van der Waals surface area contributed by atoms with Crippen LogP contribution in [0.2, 0.25) is 0 Å². The highest BCUT2D eigenvalue weighted by molar-refractivity contribution is 14.1. The van der Waals surface area contributed by atoms with Crippen LogP contribution >= 0.6 is 30.3 Å². The maximum atomic E-state index is 12.0. The largest absolute Gasteiger partial charge is 0.462 e. The second-order valence-electron chi connectivity index (χ2n) is 3.84. The van der Waals surface area contributed by atoms with Crippen LogP contribution < -0.4 is 10.0 Å². The zero-order valence-corrected chi connectivity index (χ0v) is 14.0. The molecule has 1 unspecified atom stereocenters. The molecule has 1 rings (SSSR count). The van der Waals surface area contributed by atoms with E-state index in [1.165, 1.54) is 4.67 Å². The number of nitrogens with two attached hydrogens (primary N) is 1. The number of hydrogen-bond acceptors (Lipinski definition) is 4. The van der Waals surface area contributed by atoms with Crippen LogP contribution in [0.4, 0.5) is 0 Å². The smallest absolute Gasteiger partial charge is 0.389 e. The highest BCUT2D eigenvalue weighted by atomic mass is 127. The van der Waals surface area contributed by atoms with Gasteiger partial charge in [-0.15, -0.1) is 0 Å². The minimum atomic E-state index is -3.40. The summed E-state index contributed by atoms with van der Waals surface area (Å²) in [4.78, 5) is 11.7. The van der Waals surface area contributed by atoms with E-state index in [9.17, 15) is 9.36 Å². The van der Waals surface area contributed by atoms with Crippen molar-refractivity contribution in [1.82, 2.24) is 4.67 Å². The molecule has 0 aliphatic carbocycles. The molecule has 0 saturated heterocycles. The van der Waals surface area contributed by atoms with Crippen LogP contribution in [0.15, 0.2) is 18.2 Å². The van der Waals surface area contributed by atoms with Crippen molar-refractivity contribution in [3.63, 3.8) is 0 Å². The van der Waals surface area contributed by atoms with Gasteiger partial charge in [0.1, 0.15) is 5.75 Å². The Labute approximate surface area is 125 Å². The summed E-state index contributed by atoms with van der Waals surface area (Å²) in [5.74, 6) is -0.153. The predicted octanol–water partition coefficient (Wildman–Crippen LogP) is 2.48. The molecule has 1 aromatic carbocycles. The first kappa shape index (κ1) is 16.4. The van der Waals surface area contributed by atoms with Crippen LogP contribution in [-0.2, 0) is 9.30 Å². The highest BCUT2D eigenvalue weighted by Crippen LogP contribution is 2.42. The summed E-state index contributed by atoms with van der Waals surface area (Å²) >= 11 is 1.94. The van der Waals surface area contributed by atoms with E-state index >= 15 is 0 Å². The minimum Gasteiger partial charge on any atom is -0.462 e. The van der Waals surface area contributed by atoms with Crippen LogP contribution in [0, 0.1) is 3.57 Å². The third-order valence-corrected chi connectivity index (χ3v) is 4.93. The van der Waals surface area contributed by atoms with Gasteiger partial charge < -0.3 is 9.26 Å². The number of carbonyl (C=O) groups excluding carboxylic acids is 1. The lowest BCUT2D eigenvalue weighted by Crippen LogP contribution is -2.19. The summed E-state index contributed by atoms with van der Waals surface area (Å²) in [5, 5.41) is 0. The first-order chi connectivity index (χ1) is 8.79. The Kier molecular flexibility index (Phi) is 5.79. The standard InChI is InChI=1S/C11H16IN2O4P/c1-4-17-11(15)8-6-5-7-9(10(8)12)18-19(13,16)14(2)3/h5-7H,4H2,1-3H3,(H2,13,16). The van der Waals surface area contributed by atoms with E-state index in [1.54, 1.807) is 39.2 Å². The summed E-state index contributed by atoms with van der Waals surface area (Å²) in [6.45, 7) is 2.01. The van der Waals surface area contributed by atoms with Gasteiger partial charge >= 0.3 is 13.6 Å².